The predicted octanol–water partition coefficient (Wildman–Crippen LogP) is 6.07. The number of rotatable bonds is 8. The smallest absolute Gasteiger partial charge is 0.273 e. The Morgan fingerprint density at radius 2 is 1.45 bits per heavy atom. The van der Waals surface area contributed by atoms with Crippen LogP contribution in [-0.4, -0.2) is 34.2 Å². The number of carbonyl (C=O) groups is 3. The molecule has 2 aromatic carbocycles. The zero-order valence-electron chi connectivity index (χ0n) is 23.9. The SMILES string of the molecule is Cc1ccc(N(C(=O)c2snc(C(=O)NC3CCCCC3)c2N)C(C(=O)NC2CCCCC2)c2ccc(F)cc2)cc1. The molecule has 2 aliphatic carbocycles. The number of hydrogen-bond donors (Lipinski definition) is 3. The van der Waals surface area contributed by atoms with Gasteiger partial charge in [0.05, 0.1) is 5.69 Å². The highest BCUT2D eigenvalue weighted by atomic mass is 32.1. The van der Waals surface area contributed by atoms with Gasteiger partial charge < -0.3 is 16.4 Å². The molecule has 3 amide bonds. The molecule has 2 saturated carbocycles. The molecular formula is C32H38FN5O3S. The number of carbonyl (C=O) groups excluding carboxylic acids is 3. The summed E-state index contributed by atoms with van der Waals surface area (Å²) in [5, 5.41) is 6.16. The van der Waals surface area contributed by atoms with Crippen molar-refractivity contribution in [1.82, 2.24) is 15.0 Å². The molecule has 5 rings (SSSR count). The van der Waals surface area contributed by atoms with E-state index in [9.17, 15) is 18.8 Å². The van der Waals surface area contributed by atoms with Gasteiger partial charge in [-0.25, -0.2) is 4.39 Å². The molecular weight excluding hydrogens is 553 g/mol. The van der Waals surface area contributed by atoms with Crippen LogP contribution in [0.3, 0.4) is 0 Å². The van der Waals surface area contributed by atoms with Gasteiger partial charge in [0, 0.05) is 17.8 Å². The average molecular weight is 592 g/mol. The Hall–Kier alpha value is -3.79. The van der Waals surface area contributed by atoms with Crippen molar-refractivity contribution in [3.63, 3.8) is 0 Å². The number of nitrogens with one attached hydrogen (secondary N) is 2. The second-order valence-corrected chi connectivity index (χ2v) is 12.2. The predicted molar refractivity (Wildman–Crippen MR) is 163 cm³/mol. The molecule has 2 aliphatic rings. The number of nitrogen functional groups attached to an aromatic ring is 1. The minimum absolute atomic E-state index is 0.00673. The molecule has 1 heterocycles. The number of halogens is 1. The number of aromatic nitrogens is 1. The second-order valence-electron chi connectivity index (χ2n) is 11.4. The summed E-state index contributed by atoms with van der Waals surface area (Å²) in [4.78, 5) is 43.0. The van der Waals surface area contributed by atoms with E-state index in [1.54, 1.807) is 12.1 Å². The largest absolute Gasteiger partial charge is 0.395 e. The second kappa shape index (κ2) is 13.5. The first-order chi connectivity index (χ1) is 20.3. The molecule has 222 valence electrons. The summed E-state index contributed by atoms with van der Waals surface area (Å²) in [6.07, 6.45) is 9.97. The van der Waals surface area contributed by atoms with Crippen LogP contribution in [0.5, 0.6) is 0 Å². The Labute approximate surface area is 250 Å². The third-order valence-electron chi connectivity index (χ3n) is 8.25. The lowest BCUT2D eigenvalue weighted by molar-refractivity contribution is -0.123. The lowest BCUT2D eigenvalue weighted by atomic mass is 9.94. The molecule has 2 fully saturated rings. The van der Waals surface area contributed by atoms with Gasteiger partial charge in [-0.05, 0) is 74.0 Å². The monoisotopic (exact) mass is 591 g/mol. The summed E-state index contributed by atoms with van der Waals surface area (Å²) in [5.41, 5.74) is 8.34. The number of benzene rings is 2. The van der Waals surface area contributed by atoms with Gasteiger partial charge in [0.15, 0.2) is 5.69 Å². The summed E-state index contributed by atoms with van der Waals surface area (Å²) >= 11 is 0.844. The third-order valence-corrected chi connectivity index (χ3v) is 9.10. The molecule has 1 aromatic heterocycles. The minimum Gasteiger partial charge on any atom is -0.395 e. The normalized spacial score (nSPS) is 16.9. The Morgan fingerprint density at radius 1 is 0.881 bits per heavy atom. The van der Waals surface area contributed by atoms with Crippen LogP contribution >= 0.6 is 11.5 Å². The molecule has 0 radical (unpaired) electrons. The van der Waals surface area contributed by atoms with Crippen molar-refractivity contribution in [3.8, 4) is 0 Å². The minimum atomic E-state index is -1.11. The van der Waals surface area contributed by atoms with Gasteiger partial charge in [-0.2, -0.15) is 4.37 Å². The van der Waals surface area contributed by atoms with Crippen molar-refractivity contribution in [2.24, 2.45) is 0 Å². The van der Waals surface area contributed by atoms with Gasteiger partial charge in [0.25, 0.3) is 11.8 Å². The maximum absolute atomic E-state index is 14.4. The molecule has 0 spiro atoms. The number of nitrogens with zero attached hydrogens (tertiary/aromatic N) is 2. The summed E-state index contributed by atoms with van der Waals surface area (Å²) < 4.78 is 18.3. The topological polar surface area (TPSA) is 117 Å². The number of anilines is 2. The Morgan fingerprint density at radius 3 is 2.05 bits per heavy atom. The number of amides is 3. The lowest BCUT2D eigenvalue weighted by Gasteiger charge is -2.33. The van der Waals surface area contributed by atoms with Gasteiger partial charge in [0.2, 0.25) is 5.91 Å². The first-order valence-electron chi connectivity index (χ1n) is 14.8. The zero-order valence-corrected chi connectivity index (χ0v) is 24.7. The van der Waals surface area contributed by atoms with Crippen LogP contribution in [0.1, 0.15) is 102 Å². The van der Waals surface area contributed by atoms with Gasteiger partial charge in [-0.1, -0.05) is 68.4 Å². The average Bonchev–Trinajstić information content (AvgIpc) is 3.39. The van der Waals surface area contributed by atoms with Gasteiger partial charge in [-0.15, -0.1) is 0 Å². The fourth-order valence-corrected chi connectivity index (χ4v) is 6.64. The first-order valence-corrected chi connectivity index (χ1v) is 15.6. The standard InChI is InChI=1S/C32H38FN5O3S/c1-20-12-18-25(19-13-20)38(28(21-14-16-22(33)17-15-21)31(40)36-24-10-6-3-7-11-24)32(41)29-26(34)27(37-42-29)30(39)35-23-8-4-2-5-9-23/h12-19,23-24,28H,2-11,34H2,1H3,(H,35,39)(H,36,40). The van der Waals surface area contributed by atoms with E-state index in [0.29, 0.717) is 11.3 Å². The summed E-state index contributed by atoms with van der Waals surface area (Å²) in [6.45, 7) is 1.93. The van der Waals surface area contributed by atoms with Crippen molar-refractivity contribution < 1.29 is 18.8 Å². The first kappa shape index (κ1) is 29.7. The molecule has 1 atom stereocenters. The van der Waals surface area contributed by atoms with Crippen molar-refractivity contribution in [1.29, 1.82) is 0 Å². The quantitative estimate of drug-likeness (QED) is 0.294. The molecule has 0 bridgehead atoms. The van der Waals surface area contributed by atoms with Crippen LogP contribution in [0.4, 0.5) is 15.8 Å². The van der Waals surface area contributed by atoms with Crippen LogP contribution in [0.2, 0.25) is 0 Å². The highest BCUT2D eigenvalue weighted by Crippen LogP contribution is 2.34. The Kier molecular flexibility index (Phi) is 9.51. The van der Waals surface area contributed by atoms with Gasteiger partial charge in [0.1, 0.15) is 16.7 Å². The lowest BCUT2D eigenvalue weighted by Crippen LogP contribution is -2.47. The maximum Gasteiger partial charge on any atom is 0.273 e. The van der Waals surface area contributed by atoms with E-state index in [-0.39, 0.29) is 34.2 Å². The van der Waals surface area contributed by atoms with Crippen LogP contribution in [0, 0.1) is 12.7 Å². The molecule has 0 aliphatic heterocycles. The fraction of sp³-hybridized carbons (Fsp3) is 0.438. The van der Waals surface area contributed by atoms with Crippen molar-refractivity contribution in [2.75, 3.05) is 10.6 Å². The van der Waals surface area contributed by atoms with E-state index in [4.69, 9.17) is 5.73 Å². The van der Waals surface area contributed by atoms with E-state index in [1.165, 1.54) is 29.2 Å². The van der Waals surface area contributed by atoms with E-state index in [2.05, 4.69) is 15.0 Å². The number of aryl methyl sites for hydroxylation is 1. The van der Waals surface area contributed by atoms with Crippen molar-refractivity contribution in [2.45, 2.75) is 89.3 Å². The molecule has 4 N–H and O–H groups in total. The third kappa shape index (κ3) is 6.81. The van der Waals surface area contributed by atoms with Crippen molar-refractivity contribution >= 4 is 40.6 Å². The van der Waals surface area contributed by atoms with Gasteiger partial charge in [-0.3, -0.25) is 19.3 Å². The highest BCUT2D eigenvalue weighted by Gasteiger charge is 2.37. The molecule has 3 aromatic rings. The summed E-state index contributed by atoms with van der Waals surface area (Å²) in [6, 6.07) is 11.8. The molecule has 0 saturated heterocycles. The highest BCUT2D eigenvalue weighted by molar-refractivity contribution is 7.09. The van der Waals surface area contributed by atoms with E-state index in [1.807, 2.05) is 19.1 Å². The summed E-state index contributed by atoms with van der Waals surface area (Å²) in [5.74, 6) is -1.76. The maximum atomic E-state index is 14.4. The van der Waals surface area contributed by atoms with E-state index in [0.717, 1.165) is 81.3 Å². The van der Waals surface area contributed by atoms with Crippen LogP contribution in [0.15, 0.2) is 48.5 Å². The zero-order chi connectivity index (χ0) is 29.6. The summed E-state index contributed by atoms with van der Waals surface area (Å²) in [7, 11) is 0. The molecule has 8 nitrogen and oxygen atoms in total. The molecule has 10 heteroatoms. The number of nitrogens with two attached hydrogens (primary N) is 1. The number of hydrogen-bond acceptors (Lipinski definition) is 6. The van der Waals surface area contributed by atoms with E-state index >= 15 is 0 Å². The Bertz CT molecular complexity index is 1400. The Balaban J connectivity index is 1.52. The van der Waals surface area contributed by atoms with Gasteiger partial charge >= 0.3 is 0 Å². The van der Waals surface area contributed by atoms with E-state index < -0.39 is 23.7 Å². The molecule has 1 unspecified atom stereocenters. The van der Waals surface area contributed by atoms with Crippen LogP contribution in [0.25, 0.3) is 0 Å². The van der Waals surface area contributed by atoms with Crippen LogP contribution < -0.4 is 21.3 Å². The fourth-order valence-electron chi connectivity index (χ4n) is 5.90. The van der Waals surface area contributed by atoms with Crippen molar-refractivity contribution in [3.05, 3.63) is 76.0 Å². The molecule has 42 heavy (non-hydrogen) atoms. The van der Waals surface area contributed by atoms with Crippen LogP contribution in [-0.2, 0) is 4.79 Å².